The third-order valence-corrected chi connectivity index (χ3v) is 2.23. The van der Waals surface area contributed by atoms with Crippen molar-refractivity contribution in [2.75, 3.05) is 12.3 Å². The molecule has 0 aliphatic carbocycles. The Morgan fingerprint density at radius 3 is 1.89 bits per heavy atom. The predicted octanol–water partition coefficient (Wildman–Crippen LogP) is 0.367. The van der Waals surface area contributed by atoms with Crippen molar-refractivity contribution in [2.45, 2.75) is 13.8 Å². The summed E-state index contributed by atoms with van der Waals surface area (Å²) in [5.41, 5.74) is 0. The standard InChI is InChI=1S/C4H11NO2S.ClH/c1-3-5-8(6,7)4-2;/h5H,3-4H2,1-2H3;1H. The van der Waals surface area contributed by atoms with Crippen LogP contribution in [-0.4, -0.2) is 20.7 Å². The van der Waals surface area contributed by atoms with E-state index in [-0.39, 0.29) is 18.2 Å². The number of halogens is 1. The monoisotopic (exact) mass is 173 g/mol. The number of sulfonamides is 1. The van der Waals surface area contributed by atoms with Crippen LogP contribution in [0.3, 0.4) is 0 Å². The molecule has 0 atom stereocenters. The lowest BCUT2D eigenvalue weighted by Crippen LogP contribution is -2.24. The zero-order valence-corrected chi connectivity index (χ0v) is 7.18. The summed E-state index contributed by atoms with van der Waals surface area (Å²) in [5.74, 6) is 0.167. The van der Waals surface area contributed by atoms with E-state index in [9.17, 15) is 8.42 Å². The van der Waals surface area contributed by atoms with Crippen LogP contribution in [0.15, 0.2) is 0 Å². The molecule has 5 heteroatoms. The molecule has 0 aromatic heterocycles. The third-order valence-electron chi connectivity index (χ3n) is 0.744. The molecule has 0 heterocycles. The van der Waals surface area contributed by atoms with Crippen molar-refractivity contribution < 1.29 is 8.42 Å². The van der Waals surface area contributed by atoms with Crippen molar-refractivity contribution in [3.8, 4) is 0 Å². The van der Waals surface area contributed by atoms with Gasteiger partial charge in [0, 0.05) is 6.54 Å². The van der Waals surface area contributed by atoms with Crippen LogP contribution in [0.25, 0.3) is 0 Å². The summed E-state index contributed by atoms with van der Waals surface area (Å²) >= 11 is 0. The van der Waals surface area contributed by atoms with Crippen LogP contribution in [0.5, 0.6) is 0 Å². The number of hydrogen-bond donors (Lipinski definition) is 1. The minimum atomic E-state index is -2.92. The molecule has 0 aromatic rings. The van der Waals surface area contributed by atoms with Gasteiger partial charge in [-0.2, -0.15) is 0 Å². The third kappa shape index (κ3) is 6.08. The molecule has 0 fully saturated rings. The van der Waals surface area contributed by atoms with Crippen molar-refractivity contribution in [3.05, 3.63) is 0 Å². The molecule has 0 unspecified atom stereocenters. The molecular weight excluding hydrogens is 162 g/mol. The van der Waals surface area contributed by atoms with Crippen molar-refractivity contribution in [1.82, 2.24) is 4.72 Å². The highest BCUT2D eigenvalue weighted by Gasteiger charge is 2.00. The molecule has 0 aliphatic rings. The van der Waals surface area contributed by atoms with Gasteiger partial charge in [-0.05, 0) is 6.92 Å². The molecular formula is C4H12ClNO2S. The van der Waals surface area contributed by atoms with Gasteiger partial charge < -0.3 is 0 Å². The first kappa shape index (κ1) is 11.9. The summed E-state index contributed by atoms with van der Waals surface area (Å²) in [6.07, 6.45) is 0. The molecule has 3 nitrogen and oxygen atoms in total. The van der Waals surface area contributed by atoms with Crippen LogP contribution in [0, 0.1) is 0 Å². The zero-order chi connectivity index (χ0) is 6.62. The molecule has 0 saturated heterocycles. The van der Waals surface area contributed by atoms with Gasteiger partial charge in [0.15, 0.2) is 0 Å². The highest BCUT2D eigenvalue weighted by Crippen LogP contribution is 1.78. The van der Waals surface area contributed by atoms with E-state index in [1.165, 1.54) is 0 Å². The Bertz CT molecular complexity index is 143. The summed E-state index contributed by atoms with van der Waals surface area (Å²) in [7, 11) is -2.92. The molecule has 0 aliphatic heterocycles. The Morgan fingerprint density at radius 1 is 1.33 bits per heavy atom. The maximum Gasteiger partial charge on any atom is 0.211 e. The lowest BCUT2D eigenvalue weighted by molar-refractivity contribution is 0.585. The van der Waals surface area contributed by atoms with E-state index in [2.05, 4.69) is 4.72 Å². The molecule has 0 rings (SSSR count). The van der Waals surface area contributed by atoms with Crippen LogP contribution in [0.2, 0.25) is 0 Å². The SMILES string of the molecule is CCNS(=O)(=O)CC.Cl. The van der Waals surface area contributed by atoms with Crippen LogP contribution >= 0.6 is 12.4 Å². The summed E-state index contributed by atoms with van der Waals surface area (Å²) in [6.45, 7) is 3.85. The Hall–Kier alpha value is 0.200. The van der Waals surface area contributed by atoms with Crippen molar-refractivity contribution in [1.29, 1.82) is 0 Å². The van der Waals surface area contributed by atoms with Gasteiger partial charge in [0.1, 0.15) is 0 Å². The molecule has 9 heavy (non-hydrogen) atoms. The largest absolute Gasteiger partial charge is 0.216 e. The second-order valence-corrected chi connectivity index (χ2v) is 3.50. The summed E-state index contributed by atoms with van der Waals surface area (Å²) in [4.78, 5) is 0. The molecule has 0 aromatic carbocycles. The van der Waals surface area contributed by atoms with Gasteiger partial charge in [0.25, 0.3) is 0 Å². The lowest BCUT2D eigenvalue weighted by Gasteiger charge is -1.96. The smallest absolute Gasteiger partial charge is 0.211 e. The Balaban J connectivity index is 0. The van der Waals surface area contributed by atoms with Gasteiger partial charge in [-0.3, -0.25) is 0 Å². The molecule has 58 valence electrons. The fourth-order valence-electron chi connectivity index (χ4n) is 0.322. The molecule has 0 spiro atoms. The van der Waals surface area contributed by atoms with Crippen LogP contribution in [0.4, 0.5) is 0 Å². The van der Waals surface area contributed by atoms with Gasteiger partial charge in [0.05, 0.1) is 5.75 Å². The molecule has 0 bridgehead atoms. The fraction of sp³-hybridized carbons (Fsp3) is 1.00. The van der Waals surface area contributed by atoms with Crippen LogP contribution < -0.4 is 4.72 Å². The molecule has 0 saturated carbocycles. The average molecular weight is 174 g/mol. The minimum Gasteiger partial charge on any atom is -0.216 e. The van der Waals surface area contributed by atoms with E-state index in [0.29, 0.717) is 6.54 Å². The number of nitrogens with one attached hydrogen (secondary N) is 1. The normalized spacial score (nSPS) is 10.4. The molecule has 0 amide bonds. The van der Waals surface area contributed by atoms with E-state index in [1.54, 1.807) is 13.8 Å². The van der Waals surface area contributed by atoms with Gasteiger partial charge in [-0.1, -0.05) is 6.92 Å². The predicted molar refractivity (Wildman–Crippen MR) is 40.4 cm³/mol. The maximum atomic E-state index is 10.5. The van der Waals surface area contributed by atoms with E-state index in [4.69, 9.17) is 0 Å². The van der Waals surface area contributed by atoms with Crippen LogP contribution in [0.1, 0.15) is 13.8 Å². The number of hydrogen-bond acceptors (Lipinski definition) is 2. The molecule has 1 N–H and O–H groups in total. The van der Waals surface area contributed by atoms with Gasteiger partial charge in [-0.15, -0.1) is 12.4 Å². The van der Waals surface area contributed by atoms with E-state index in [1.807, 2.05) is 0 Å². The topological polar surface area (TPSA) is 46.2 Å². The van der Waals surface area contributed by atoms with E-state index >= 15 is 0 Å². The maximum absolute atomic E-state index is 10.5. The van der Waals surface area contributed by atoms with Crippen LogP contribution in [-0.2, 0) is 10.0 Å². The zero-order valence-electron chi connectivity index (χ0n) is 5.55. The van der Waals surface area contributed by atoms with E-state index < -0.39 is 10.0 Å². The first-order valence-corrected chi connectivity index (χ1v) is 4.25. The lowest BCUT2D eigenvalue weighted by atomic mass is 10.8. The quantitative estimate of drug-likeness (QED) is 0.671. The second-order valence-electron chi connectivity index (χ2n) is 1.40. The number of rotatable bonds is 3. The average Bonchev–Trinajstić information content (AvgIpc) is 1.67. The second kappa shape index (κ2) is 5.02. The Labute approximate surface area is 62.3 Å². The Morgan fingerprint density at radius 2 is 1.78 bits per heavy atom. The fourth-order valence-corrected chi connectivity index (χ4v) is 0.966. The Kier molecular flexibility index (Phi) is 6.66. The highest BCUT2D eigenvalue weighted by atomic mass is 35.5. The van der Waals surface area contributed by atoms with Gasteiger partial charge in [0.2, 0.25) is 10.0 Å². The van der Waals surface area contributed by atoms with Crippen molar-refractivity contribution in [2.24, 2.45) is 0 Å². The molecule has 0 radical (unpaired) electrons. The van der Waals surface area contributed by atoms with Crippen molar-refractivity contribution in [3.63, 3.8) is 0 Å². The first-order valence-electron chi connectivity index (χ1n) is 2.59. The van der Waals surface area contributed by atoms with Crippen molar-refractivity contribution >= 4 is 22.4 Å². The summed E-state index contributed by atoms with van der Waals surface area (Å²) < 4.78 is 23.3. The summed E-state index contributed by atoms with van der Waals surface area (Å²) in [5, 5.41) is 0. The van der Waals surface area contributed by atoms with Gasteiger partial charge in [-0.25, -0.2) is 13.1 Å². The summed E-state index contributed by atoms with van der Waals surface area (Å²) in [6, 6.07) is 0. The van der Waals surface area contributed by atoms with Gasteiger partial charge >= 0.3 is 0 Å². The van der Waals surface area contributed by atoms with E-state index in [0.717, 1.165) is 0 Å². The first-order chi connectivity index (χ1) is 3.62. The minimum absolute atomic E-state index is 0. The highest BCUT2D eigenvalue weighted by molar-refractivity contribution is 7.89.